The summed E-state index contributed by atoms with van der Waals surface area (Å²) in [5.41, 5.74) is 12.0. The van der Waals surface area contributed by atoms with E-state index < -0.39 is 6.04 Å². The molecule has 102 valence electrons. The van der Waals surface area contributed by atoms with Crippen LogP contribution in [0.2, 0.25) is 0 Å². The molecule has 0 bridgehead atoms. The maximum Gasteiger partial charge on any atom is 0.248 e. The lowest BCUT2D eigenvalue weighted by Crippen LogP contribution is -2.34. The number of nitrogens with two attached hydrogens (primary N) is 2. The third kappa shape index (κ3) is 2.77. The van der Waals surface area contributed by atoms with Gasteiger partial charge in [-0.15, -0.1) is 0 Å². The number of carbonyl (C=O) groups is 1. The average molecular weight is 261 g/mol. The number of fused-ring (bicyclic) bond motifs is 1. The van der Waals surface area contributed by atoms with Gasteiger partial charge in [0.15, 0.2) is 0 Å². The molecular formula is C14H19N3O2. The number of aromatic nitrogens is 1. The lowest BCUT2D eigenvalue weighted by atomic mass is 10.1. The molecule has 5 nitrogen and oxygen atoms in total. The van der Waals surface area contributed by atoms with E-state index in [-0.39, 0.29) is 11.7 Å². The molecule has 0 fully saturated rings. The van der Waals surface area contributed by atoms with Crippen molar-refractivity contribution < 1.29 is 9.90 Å². The smallest absolute Gasteiger partial charge is 0.248 e. The van der Waals surface area contributed by atoms with Gasteiger partial charge >= 0.3 is 0 Å². The maximum atomic E-state index is 12.3. The number of benzene rings is 1. The fourth-order valence-electron chi connectivity index (χ4n) is 2.15. The van der Waals surface area contributed by atoms with Crippen LogP contribution >= 0.6 is 0 Å². The fourth-order valence-corrected chi connectivity index (χ4v) is 2.15. The Hall–Kier alpha value is -1.85. The quantitative estimate of drug-likeness (QED) is 0.710. The second kappa shape index (κ2) is 5.86. The summed E-state index contributed by atoms with van der Waals surface area (Å²) in [6.07, 6.45) is 3.71. The van der Waals surface area contributed by atoms with Crippen molar-refractivity contribution in [3.63, 3.8) is 0 Å². The van der Waals surface area contributed by atoms with E-state index in [1.807, 2.05) is 12.1 Å². The van der Waals surface area contributed by atoms with Crippen LogP contribution in [0.3, 0.4) is 0 Å². The monoisotopic (exact) mass is 261 g/mol. The summed E-state index contributed by atoms with van der Waals surface area (Å²) < 4.78 is 1.43. The summed E-state index contributed by atoms with van der Waals surface area (Å²) >= 11 is 0. The Bertz CT molecular complexity index is 577. The predicted octanol–water partition coefficient (Wildman–Crippen LogP) is 1.44. The third-order valence-corrected chi connectivity index (χ3v) is 3.21. The van der Waals surface area contributed by atoms with Crippen molar-refractivity contribution >= 4 is 16.8 Å². The average Bonchev–Trinajstić information content (AvgIpc) is 2.76. The van der Waals surface area contributed by atoms with Gasteiger partial charge in [0, 0.05) is 5.39 Å². The van der Waals surface area contributed by atoms with Gasteiger partial charge in [-0.1, -0.05) is 18.6 Å². The van der Waals surface area contributed by atoms with Crippen LogP contribution in [0, 0.1) is 0 Å². The van der Waals surface area contributed by atoms with E-state index in [9.17, 15) is 9.90 Å². The van der Waals surface area contributed by atoms with Gasteiger partial charge in [0.2, 0.25) is 5.91 Å². The Labute approximate surface area is 111 Å². The largest absolute Gasteiger partial charge is 0.506 e. The molecule has 2 rings (SSSR count). The van der Waals surface area contributed by atoms with Gasteiger partial charge < -0.3 is 16.6 Å². The molecule has 1 aromatic heterocycles. The summed E-state index contributed by atoms with van der Waals surface area (Å²) in [6.45, 7) is 0.605. The van der Waals surface area contributed by atoms with Gasteiger partial charge in [-0.25, -0.2) is 0 Å². The highest BCUT2D eigenvalue weighted by Crippen LogP contribution is 2.26. The zero-order valence-electron chi connectivity index (χ0n) is 10.7. The molecule has 0 radical (unpaired) electrons. The topological polar surface area (TPSA) is 94.3 Å². The number of para-hydroxylation sites is 1. The van der Waals surface area contributed by atoms with Crippen molar-refractivity contribution in [3.8, 4) is 5.75 Å². The zero-order chi connectivity index (χ0) is 13.8. The minimum absolute atomic E-state index is 0.0955. The molecule has 1 atom stereocenters. The summed E-state index contributed by atoms with van der Waals surface area (Å²) in [5.74, 6) is -0.105. The molecule has 0 saturated carbocycles. The molecule has 0 aliphatic heterocycles. The number of hydrogen-bond acceptors (Lipinski definition) is 4. The van der Waals surface area contributed by atoms with E-state index in [0.29, 0.717) is 23.9 Å². The number of rotatable bonds is 5. The molecule has 0 aliphatic rings. The second-order valence-corrected chi connectivity index (χ2v) is 4.63. The molecule has 0 aliphatic carbocycles. The van der Waals surface area contributed by atoms with Gasteiger partial charge in [-0.3, -0.25) is 9.36 Å². The zero-order valence-corrected chi connectivity index (χ0v) is 10.7. The van der Waals surface area contributed by atoms with Gasteiger partial charge in [0.25, 0.3) is 0 Å². The first-order chi connectivity index (χ1) is 9.15. The first-order valence-corrected chi connectivity index (χ1v) is 6.44. The van der Waals surface area contributed by atoms with Crippen molar-refractivity contribution in [1.82, 2.24) is 4.57 Å². The van der Waals surface area contributed by atoms with E-state index in [0.717, 1.165) is 12.8 Å². The molecule has 0 spiro atoms. The molecule has 1 aromatic carbocycles. The molecular weight excluding hydrogens is 242 g/mol. The van der Waals surface area contributed by atoms with Crippen molar-refractivity contribution in [2.24, 2.45) is 11.5 Å². The van der Waals surface area contributed by atoms with E-state index in [2.05, 4.69) is 0 Å². The Morgan fingerprint density at radius 3 is 2.79 bits per heavy atom. The van der Waals surface area contributed by atoms with Gasteiger partial charge in [0.05, 0.1) is 17.8 Å². The Morgan fingerprint density at radius 1 is 1.32 bits per heavy atom. The number of unbranched alkanes of at least 4 members (excludes halogenated alkanes) is 1. The first-order valence-electron chi connectivity index (χ1n) is 6.44. The standard InChI is InChI=1S/C14H19N3O2/c15-8-4-3-6-11(16)14(19)17-9-13(18)10-5-1-2-7-12(10)17/h1-2,5,7,9,11,18H,3-4,6,8,15-16H2/t11-/m0/s1. The van der Waals surface area contributed by atoms with E-state index >= 15 is 0 Å². The molecule has 1 heterocycles. The third-order valence-electron chi connectivity index (χ3n) is 3.21. The van der Waals surface area contributed by atoms with Gasteiger partial charge in [-0.05, 0) is 31.5 Å². The van der Waals surface area contributed by atoms with Crippen molar-refractivity contribution in [2.75, 3.05) is 6.54 Å². The summed E-state index contributed by atoms with van der Waals surface area (Å²) in [6, 6.07) is 6.64. The highest BCUT2D eigenvalue weighted by molar-refractivity contribution is 5.97. The molecule has 0 amide bonds. The van der Waals surface area contributed by atoms with Crippen LogP contribution in [-0.2, 0) is 0 Å². The number of aromatic hydroxyl groups is 1. The highest BCUT2D eigenvalue weighted by Gasteiger charge is 2.18. The lowest BCUT2D eigenvalue weighted by molar-refractivity contribution is 0.0878. The van der Waals surface area contributed by atoms with Crippen LogP contribution in [-0.4, -0.2) is 28.2 Å². The Kier molecular flexibility index (Phi) is 4.19. The van der Waals surface area contributed by atoms with Crippen LogP contribution in [0.5, 0.6) is 5.75 Å². The van der Waals surface area contributed by atoms with Crippen LogP contribution in [0.4, 0.5) is 0 Å². The minimum Gasteiger partial charge on any atom is -0.506 e. The van der Waals surface area contributed by atoms with Crippen LogP contribution in [0.25, 0.3) is 10.9 Å². The number of carbonyl (C=O) groups excluding carboxylic acids is 1. The molecule has 5 heteroatoms. The molecule has 5 N–H and O–H groups in total. The summed E-state index contributed by atoms with van der Waals surface area (Å²) in [7, 11) is 0. The van der Waals surface area contributed by atoms with E-state index in [4.69, 9.17) is 11.5 Å². The lowest BCUT2D eigenvalue weighted by Gasteiger charge is -2.11. The van der Waals surface area contributed by atoms with E-state index in [1.165, 1.54) is 10.8 Å². The highest BCUT2D eigenvalue weighted by atomic mass is 16.3. The molecule has 19 heavy (non-hydrogen) atoms. The predicted molar refractivity (Wildman–Crippen MR) is 75.1 cm³/mol. The van der Waals surface area contributed by atoms with Crippen molar-refractivity contribution in [3.05, 3.63) is 30.5 Å². The summed E-state index contributed by atoms with van der Waals surface area (Å²) in [4.78, 5) is 12.3. The first kappa shape index (κ1) is 13.6. The minimum atomic E-state index is -0.568. The van der Waals surface area contributed by atoms with Gasteiger partial charge in [-0.2, -0.15) is 0 Å². The SMILES string of the molecule is NCCCC[C@H](N)C(=O)n1cc(O)c2ccccc21. The van der Waals surface area contributed by atoms with Crippen LogP contribution in [0.15, 0.2) is 30.5 Å². The molecule has 0 unspecified atom stereocenters. The van der Waals surface area contributed by atoms with Gasteiger partial charge in [0.1, 0.15) is 5.75 Å². The van der Waals surface area contributed by atoms with E-state index in [1.54, 1.807) is 12.1 Å². The number of nitrogens with zero attached hydrogens (tertiary/aromatic N) is 1. The fraction of sp³-hybridized carbons (Fsp3) is 0.357. The molecule has 2 aromatic rings. The van der Waals surface area contributed by atoms with Crippen LogP contribution in [0.1, 0.15) is 24.1 Å². The molecule has 0 saturated heterocycles. The Morgan fingerprint density at radius 2 is 2.05 bits per heavy atom. The summed E-state index contributed by atoms with van der Waals surface area (Å²) in [5, 5.41) is 10.5. The normalized spacial score (nSPS) is 12.7. The Balaban J connectivity index is 2.21. The van der Waals surface area contributed by atoms with Crippen LogP contribution < -0.4 is 11.5 Å². The second-order valence-electron chi connectivity index (χ2n) is 4.63. The van der Waals surface area contributed by atoms with Crippen molar-refractivity contribution in [1.29, 1.82) is 0 Å². The maximum absolute atomic E-state index is 12.3. The number of hydrogen-bond donors (Lipinski definition) is 3. The van der Waals surface area contributed by atoms with Crippen molar-refractivity contribution in [2.45, 2.75) is 25.3 Å².